The average Bonchev–Trinajstić information content (AvgIpc) is 2.55. The van der Waals surface area contributed by atoms with Gasteiger partial charge in [0.15, 0.2) is 0 Å². The summed E-state index contributed by atoms with van der Waals surface area (Å²) in [7, 11) is -3.76. The summed E-state index contributed by atoms with van der Waals surface area (Å²) >= 11 is 0. The molecular weight excluding hydrogens is 294 g/mol. The van der Waals surface area contributed by atoms with Crippen molar-refractivity contribution in [3.63, 3.8) is 0 Å². The lowest BCUT2D eigenvalue weighted by molar-refractivity contribution is 0.598. The van der Waals surface area contributed by atoms with Gasteiger partial charge in [-0.3, -0.25) is 0 Å². The maximum absolute atomic E-state index is 11.8. The van der Waals surface area contributed by atoms with E-state index in [1.54, 1.807) is 12.1 Å². The van der Waals surface area contributed by atoms with E-state index in [0.29, 0.717) is 0 Å². The van der Waals surface area contributed by atoms with Crippen molar-refractivity contribution in [2.24, 2.45) is 5.14 Å². The second kappa shape index (κ2) is 5.75. The molecule has 0 radical (unpaired) electrons. The minimum Gasteiger partial charge on any atom is -0.225 e. The summed E-state index contributed by atoms with van der Waals surface area (Å²) in [5.74, 6) is 0. The summed E-state index contributed by atoms with van der Waals surface area (Å²) in [4.78, 5) is 0.118. The summed E-state index contributed by atoms with van der Waals surface area (Å²) in [6.45, 7) is 0. The van der Waals surface area contributed by atoms with Crippen molar-refractivity contribution in [1.29, 1.82) is 0 Å². The minimum absolute atomic E-state index is 0.118. The number of hydrogen-bond acceptors (Lipinski definition) is 2. The van der Waals surface area contributed by atoms with Crippen LogP contribution in [0.5, 0.6) is 0 Å². The van der Waals surface area contributed by atoms with Crippen LogP contribution in [0.15, 0.2) is 83.8 Å². The predicted octanol–water partition coefficient (Wildman–Crippen LogP) is 3.67. The highest BCUT2D eigenvalue weighted by Crippen LogP contribution is 2.29. The first-order valence-corrected chi connectivity index (χ1v) is 8.37. The van der Waals surface area contributed by atoms with Crippen molar-refractivity contribution < 1.29 is 8.42 Å². The Hall–Kier alpha value is -2.43. The molecule has 0 aromatic heterocycles. The van der Waals surface area contributed by atoms with Gasteiger partial charge in [0, 0.05) is 0 Å². The number of nitrogens with two attached hydrogens (primary N) is 1. The van der Waals surface area contributed by atoms with Gasteiger partial charge in [-0.1, -0.05) is 60.7 Å². The van der Waals surface area contributed by atoms with E-state index in [9.17, 15) is 8.42 Å². The number of sulfonamides is 1. The average molecular weight is 309 g/mol. The van der Waals surface area contributed by atoms with Crippen LogP contribution in [0.3, 0.4) is 0 Å². The zero-order valence-electron chi connectivity index (χ0n) is 11.8. The number of hydrogen-bond donors (Lipinski definition) is 1. The topological polar surface area (TPSA) is 60.2 Å². The third-order valence-electron chi connectivity index (χ3n) is 3.45. The number of primary sulfonamides is 1. The lowest BCUT2D eigenvalue weighted by atomic mass is 9.99. The van der Waals surface area contributed by atoms with Crippen LogP contribution < -0.4 is 5.14 Å². The Balaban J connectivity index is 2.24. The Kier molecular flexibility index (Phi) is 3.79. The summed E-state index contributed by atoms with van der Waals surface area (Å²) in [5, 5.41) is 5.32. The number of rotatable bonds is 3. The molecule has 2 N–H and O–H groups in total. The van der Waals surface area contributed by atoms with Crippen molar-refractivity contribution in [1.82, 2.24) is 0 Å². The highest BCUT2D eigenvalue weighted by Gasteiger charge is 2.12. The van der Waals surface area contributed by atoms with E-state index in [-0.39, 0.29) is 4.90 Å². The van der Waals surface area contributed by atoms with Crippen molar-refractivity contribution >= 4 is 10.0 Å². The quantitative estimate of drug-likeness (QED) is 0.802. The largest absolute Gasteiger partial charge is 0.238 e. The van der Waals surface area contributed by atoms with Crippen molar-refractivity contribution in [2.45, 2.75) is 4.90 Å². The lowest BCUT2D eigenvalue weighted by Gasteiger charge is -2.09. The molecule has 0 fully saturated rings. The minimum atomic E-state index is -3.76. The SMILES string of the molecule is NS(=O)(=O)c1cc(-c2ccccc2)cc(-c2ccccc2)c1. The van der Waals surface area contributed by atoms with Gasteiger partial charge in [-0.25, -0.2) is 13.6 Å². The molecule has 0 spiro atoms. The van der Waals surface area contributed by atoms with Gasteiger partial charge in [0.05, 0.1) is 4.90 Å². The van der Waals surface area contributed by atoms with Crippen LogP contribution in [0.1, 0.15) is 0 Å². The molecule has 3 rings (SSSR count). The smallest absolute Gasteiger partial charge is 0.225 e. The third-order valence-corrected chi connectivity index (χ3v) is 4.34. The van der Waals surface area contributed by atoms with Crippen LogP contribution in [0.4, 0.5) is 0 Å². The summed E-state index contributed by atoms with van der Waals surface area (Å²) < 4.78 is 23.6. The lowest BCUT2D eigenvalue weighted by Crippen LogP contribution is -2.12. The van der Waals surface area contributed by atoms with E-state index >= 15 is 0 Å². The molecule has 0 aliphatic rings. The van der Waals surface area contributed by atoms with Crippen molar-refractivity contribution in [3.05, 3.63) is 78.9 Å². The molecule has 0 aliphatic heterocycles. The van der Waals surface area contributed by atoms with Gasteiger partial charge < -0.3 is 0 Å². The van der Waals surface area contributed by atoms with Gasteiger partial charge in [-0.15, -0.1) is 0 Å². The molecule has 0 unspecified atom stereocenters. The first-order valence-electron chi connectivity index (χ1n) is 6.83. The standard InChI is InChI=1S/C18H15NO2S/c19-22(20,21)18-12-16(14-7-3-1-4-8-14)11-17(13-18)15-9-5-2-6-10-15/h1-13H,(H2,19,20,21). The van der Waals surface area contributed by atoms with Crippen LogP contribution in [-0.4, -0.2) is 8.42 Å². The van der Waals surface area contributed by atoms with Crippen LogP contribution in [0, 0.1) is 0 Å². The summed E-state index contributed by atoms with van der Waals surface area (Å²) in [6, 6.07) is 24.5. The summed E-state index contributed by atoms with van der Waals surface area (Å²) in [5.41, 5.74) is 3.55. The predicted molar refractivity (Wildman–Crippen MR) is 88.7 cm³/mol. The van der Waals surface area contributed by atoms with E-state index < -0.39 is 10.0 Å². The molecule has 3 aromatic carbocycles. The Labute approximate surface area is 130 Å². The van der Waals surface area contributed by atoms with E-state index in [0.717, 1.165) is 22.3 Å². The molecule has 0 saturated heterocycles. The Morgan fingerprint density at radius 1 is 0.591 bits per heavy atom. The molecule has 0 aliphatic carbocycles. The van der Waals surface area contributed by atoms with Gasteiger partial charge in [0.2, 0.25) is 10.0 Å². The zero-order valence-corrected chi connectivity index (χ0v) is 12.6. The fourth-order valence-electron chi connectivity index (χ4n) is 2.36. The van der Waals surface area contributed by atoms with Crippen molar-refractivity contribution in [2.75, 3.05) is 0 Å². The first-order chi connectivity index (χ1) is 10.5. The second-order valence-corrected chi connectivity index (χ2v) is 6.58. The highest BCUT2D eigenvalue weighted by molar-refractivity contribution is 7.89. The fourth-order valence-corrected chi connectivity index (χ4v) is 2.94. The molecule has 4 heteroatoms. The van der Waals surface area contributed by atoms with Gasteiger partial charge in [-0.05, 0) is 40.5 Å². The van der Waals surface area contributed by atoms with Crippen molar-refractivity contribution in [3.8, 4) is 22.3 Å². The van der Waals surface area contributed by atoms with E-state index in [4.69, 9.17) is 5.14 Å². The Morgan fingerprint density at radius 2 is 1.00 bits per heavy atom. The molecule has 110 valence electrons. The molecule has 0 amide bonds. The molecule has 0 atom stereocenters. The monoisotopic (exact) mass is 309 g/mol. The Morgan fingerprint density at radius 3 is 1.36 bits per heavy atom. The van der Waals surface area contributed by atoms with Gasteiger partial charge >= 0.3 is 0 Å². The fraction of sp³-hybridized carbons (Fsp3) is 0. The molecular formula is C18H15NO2S. The molecule has 3 aromatic rings. The molecule has 0 heterocycles. The highest BCUT2D eigenvalue weighted by atomic mass is 32.2. The maximum Gasteiger partial charge on any atom is 0.238 e. The second-order valence-electron chi connectivity index (χ2n) is 5.02. The maximum atomic E-state index is 11.8. The third kappa shape index (κ3) is 3.08. The van der Waals surface area contributed by atoms with E-state index in [2.05, 4.69) is 0 Å². The Bertz CT molecular complexity index is 831. The van der Waals surface area contributed by atoms with Gasteiger partial charge in [0.25, 0.3) is 0 Å². The van der Waals surface area contributed by atoms with Crippen LogP contribution in [-0.2, 0) is 10.0 Å². The number of benzene rings is 3. The molecule has 0 saturated carbocycles. The first kappa shape index (κ1) is 14.5. The van der Waals surface area contributed by atoms with Gasteiger partial charge in [0.1, 0.15) is 0 Å². The van der Waals surface area contributed by atoms with Gasteiger partial charge in [-0.2, -0.15) is 0 Å². The normalized spacial score (nSPS) is 11.3. The van der Waals surface area contributed by atoms with E-state index in [1.807, 2.05) is 66.7 Å². The summed E-state index contributed by atoms with van der Waals surface area (Å²) in [6.07, 6.45) is 0. The molecule has 3 nitrogen and oxygen atoms in total. The van der Waals surface area contributed by atoms with E-state index in [1.165, 1.54) is 0 Å². The molecule has 22 heavy (non-hydrogen) atoms. The van der Waals surface area contributed by atoms with Crippen LogP contribution in [0.2, 0.25) is 0 Å². The van der Waals surface area contributed by atoms with Crippen LogP contribution in [0.25, 0.3) is 22.3 Å². The zero-order chi connectivity index (χ0) is 15.6. The van der Waals surface area contributed by atoms with Crippen LogP contribution >= 0.6 is 0 Å². The molecule has 0 bridgehead atoms.